The van der Waals surface area contributed by atoms with Crippen LogP contribution in [0.5, 0.6) is 0 Å². The summed E-state index contributed by atoms with van der Waals surface area (Å²) in [7, 11) is 0. The highest BCUT2D eigenvalue weighted by Gasteiger charge is 2.25. The van der Waals surface area contributed by atoms with E-state index in [4.69, 9.17) is 22.6 Å². The zero-order valence-electron chi connectivity index (χ0n) is 20.9. The maximum absolute atomic E-state index is 15.5. The number of halogens is 2. The highest BCUT2D eigenvalue weighted by molar-refractivity contribution is 6.33. The summed E-state index contributed by atoms with van der Waals surface area (Å²) in [6, 6.07) is 26.1. The van der Waals surface area contributed by atoms with Crippen molar-refractivity contribution in [2.24, 2.45) is 5.84 Å². The number of carbonyl (C=O) groups excluding carboxylic acids is 1. The number of hydrazine groups is 1. The van der Waals surface area contributed by atoms with Crippen LogP contribution >= 0.6 is 11.6 Å². The average Bonchev–Trinajstić information content (AvgIpc) is 2.96. The second kappa shape index (κ2) is 11.1. The first-order chi connectivity index (χ1) is 18.9. The second-order valence-electron chi connectivity index (χ2n) is 9.20. The van der Waals surface area contributed by atoms with Gasteiger partial charge in [0.2, 0.25) is 0 Å². The number of carboxylic acids is 1. The van der Waals surface area contributed by atoms with Crippen molar-refractivity contribution in [1.29, 1.82) is 0 Å². The van der Waals surface area contributed by atoms with Gasteiger partial charge in [-0.2, -0.15) is 5.12 Å². The number of nitrogens with two attached hydrogens (primary N) is 1. The quantitative estimate of drug-likeness (QED) is 0.105. The number of aldehydes is 1. The van der Waals surface area contributed by atoms with E-state index in [2.05, 4.69) is 0 Å². The number of carboxylic acid groups (broad SMARTS) is 1. The summed E-state index contributed by atoms with van der Waals surface area (Å²) in [6.45, 7) is 0. The van der Waals surface area contributed by atoms with Crippen molar-refractivity contribution in [2.45, 2.75) is 19.3 Å². The van der Waals surface area contributed by atoms with Crippen molar-refractivity contribution in [1.82, 2.24) is 0 Å². The van der Waals surface area contributed by atoms with E-state index in [1.807, 2.05) is 30.3 Å². The van der Waals surface area contributed by atoms with Crippen LogP contribution < -0.4 is 16.0 Å². The van der Waals surface area contributed by atoms with Crippen molar-refractivity contribution in [3.8, 4) is 11.1 Å². The zero-order valence-corrected chi connectivity index (χ0v) is 21.6. The fourth-order valence-electron chi connectivity index (χ4n) is 4.82. The number of allylic oxidation sites excluding steroid dienone is 1. The van der Waals surface area contributed by atoms with E-state index in [0.29, 0.717) is 35.0 Å². The van der Waals surface area contributed by atoms with Gasteiger partial charge in [0.25, 0.3) is 0 Å². The Morgan fingerprint density at radius 3 is 2.21 bits per heavy atom. The number of carbonyl (C=O) groups is 2. The highest BCUT2D eigenvalue weighted by Crippen LogP contribution is 2.40. The summed E-state index contributed by atoms with van der Waals surface area (Å²) in [5.41, 5.74) is 6.46. The van der Waals surface area contributed by atoms with E-state index in [1.165, 1.54) is 5.01 Å². The molecule has 0 saturated carbocycles. The minimum Gasteiger partial charge on any atom is -0.478 e. The van der Waals surface area contributed by atoms with E-state index in [0.717, 1.165) is 34.1 Å². The van der Waals surface area contributed by atoms with Gasteiger partial charge in [0.05, 0.1) is 33.3 Å². The molecular weight excluding hydrogens is 517 g/mol. The number of fused-ring (bicyclic) bond motifs is 1. The summed E-state index contributed by atoms with van der Waals surface area (Å²) >= 11 is 6.23. The lowest BCUT2D eigenvalue weighted by atomic mass is 9.87. The molecule has 8 heteroatoms. The first-order valence-electron chi connectivity index (χ1n) is 12.4. The van der Waals surface area contributed by atoms with Gasteiger partial charge >= 0.3 is 5.97 Å². The van der Waals surface area contributed by atoms with Gasteiger partial charge in [0.15, 0.2) is 0 Å². The molecule has 6 nitrogen and oxygen atoms in total. The minimum absolute atomic E-state index is 0.213. The van der Waals surface area contributed by atoms with Crippen molar-refractivity contribution in [3.05, 3.63) is 118 Å². The maximum Gasteiger partial charge on any atom is 0.335 e. The average molecular weight is 542 g/mol. The van der Waals surface area contributed by atoms with Crippen LogP contribution in [0.1, 0.15) is 34.3 Å². The maximum atomic E-state index is 15.5. The largest absolute Gasteiger partial charge is 0.478 e. The van der Waals surface area contributed by atoms with Crippen LogP contribution in [-0.2, 0) is 11.2 Å². The number of nitrogens with zero attached hydrogens (tertiary/aromatic N) is 2. The molecule has 0 atom stereocenters. The molecule has 4 aromatic rings. The van der Waals surface area contributed by atoms with E-state index >= 15 is 4.48 Å². The Bertz CT molecular complexity index is 1570. The summed E-state index contributed by atoms with van der Waals surface area (Å²) in [5, 5.41) is 11.5. The topological polar surface area (TPSA) is 86.9 Å². The summed E-state index contributed by atoms with van der Waals surface area (Å²) < 4.78 is 15.5. The summed E-state index contributed by atoms with van der Waals surface area (Å²) in [4.78, 5) is 22.7. The monoisotopic (exact) mass is 541 g/mol. The molecule has 0 fully saturated rings. The molecule has 0 aliphatic heterocycles. The number of aryl methyl sites for hydroxylation is 1. The SMILES string of the molecule is NN(C1=C(CC=O)CCc2ccc(N(F)c3ccccc3Cl)cc21)c1ccc(-c2ccc(C(=O)O)cc2)cc1. The third kappa shape index (κ3) is 5.27. The van der Waals surface area contributed by atoms with Gasteiger partial charge in [-0.1, -0.05) is 58.5 Å². The van der Waals surface area contributed by atoms with Gasteiger partial charge in [0.1, 0.15) is 6.29 Å². The predicted octanol–water partition coefficient (Wildman–Crippen LogP) is 7.35. The van der Waals surface area contributed by atoms with E-state index < -0.39 is 5.97 Å². The first-order valence-corrected chi connectivity index (χ1v) is 12.7. The Morgan fingerprint density at radius 1 is 0.923 bits per heavy atom. The normalized spacial score (nSPS) is 12.6. The Balaban J connectivity index is 1.50. The molecule has 1 aliphatic carbocycles. The molecule has 0 bridgehead atoms. The molecule has 0 saturated heterocycles. The van der Waals surface area contributed by atoms with E-state index in [1.54, 1.807) is 60.7 Å². The second-order valence-corrected chi connectivity index (χ2v) is 9.60. The lowest BCUT2D eigenvalue weighted by Crippen LogP contribution is -2.32. The Labute approximate surface area is 230 Å². The Hall–Kier alpha value is -4.46. The molecule has 0 aromatic heterocycles. The van der Waals surface area contributed by atoms with Crippen LogP contribution in [0, 0.1) is 0 Å². The van der Waals surface area contributed by atoms with Gasteiger partial charge in [-0.15, -0.1) is 0 Å². The van der Waals surface area contributed by atoms with Crippen LogP contribution in [-0.4, -0.2) is 17.4 Å². The standard InChI is InChI=1S/C31H25ClFN3O3/c32-28-3-1-2-4-29(28)35(33)26-16-13-22-7-8-23(17-18-37)30(27(22)19-26)36(34)25-14-11-21(12-15-25)20-5-9-24(10-6-20)31(38)39/h1-6,9-16,18-19H,7-8,17,34H2,(H,38,39). The van der Waals surface area contributed by atoms with Gasteiger partial charge in [0, 0.05) is 12.0 Å². The number of para-hydroxylation sites is 1. The van der Waals surface area contributed by atoms with Gasteiger partial charge in [-0.05, 0) is 83.6 Å². The number of rotatable bonds is 8. The molecule has 0 amide bonds. The van der Waals surface area contributed by atoms with Crippen molar-refractivity contribution in [3.63, 3.8) is 0 Å². The first kappa shape index (κ1) is 26.2. The molecular formula is C31H25ClFN3O3. The van der Waals surface area contributed by atoms with E-state index in [9.17, 15) is 9.59 Å². The fraction of sp³-hybridized carbons (Fsp3) is 0.0968. The zero-order chi connectivity index (χ0) is 27.5. The molecule has 5 rings (SSSR count). The molecule has 1 aliphatic rings. The van der Waals surface area contributed by atoms with Crippen LogP contribution in [0.15, 0.2) is 96.6 Å². The number of benzene rings is 4. The van der Waals surface area contributed by atoms with Crippen LogP contribution in [0.3, 0.4) is 0 Å². The number of hydrogen-bond donors (Lipinski definition) is 2. The highest BCUT2D eigenvalue weighted by atomic mass is 35.5. The molecule has 3 N–H and O–H groups in total. The molecule has 0 unspecified atom stereocenters. The van der Waals surface area contributed by atoms with Gasteiger partial charge in [-0.25, -0.2) is 10.6 Å². The lowest BCUT2D eigenvalue weighted by molar-refractivity contribution is -0.107. The third-order valence-electron chi connectivity index (χ3n) is 6.85. The number of hydrogen-bond acceptors (Lipinski definition) is 5. The van der Waals surface area contributed by atoms with E-state index in [-0.39, 0.29) is 22.7 Å². The van der Waals surface area contributed by atoms with Crippen LogP contribution in [0.2, 0.25) is 5.02 Å². The number of aromatic carboxylic acids is 1. The summed E-state index contributed by atoms with van der Waals surface area (Å²) in [5.74, 6) is 5.70. The number of anilines is 3. The van der Waals surface area contributed by atoms with Gasteiger partial charge < -0.3 is 9.90 Å². The Kier molecular flexibility index (Phi) is 7.45. The van der Waals surface area contributed by atoms with Gasteiger partial charge in [-0.3, -0.25) is 5.01 Å². The molecule has 4 aromatic carbocycles. The molecule has 0 spiro atoms. The summed E-state index contributed by atoms with van der Waals surface area (Å²) in [6.07, 6.45) is 2.43. The molecule has 196 valence electrons. The van der Waals surface area contributed by atoms with Crippen LogP contribution in [0.4, 0.5) is 21.5 Å². The molecule has 0 heterocycles. The molecule has 0 radical (unpaired) electrons. The van der Waals surface area contributed by atoms with Crippen molar-refractivity contribution < 1.29 is 19.2 Å². The minimum atomic E-state index is -0.978. The van der Waals surface area contributed by atoms with Crippen LogP contribution in [0.25, 0.3) is 16.8 Å². The smallest absolute Gasteiger partial charge is 0.335 e. The van der Waals surface area contributed by atoms with Crippen molar-refractivity contribution >= 4 is 46.6 Å². The molecule has 39 heavy (non-hydrogen) atoms. The fourth-order valence-corrected chi connectivity index (χ4v) is 5.03. The lowest BCUT2D eigenvalue weighted by Gasteiger charge is -2.31. The predicted molar refractivity (Wildman–Crippen MR) is 153 cm³/mol. The van der Waals surface area contributed by atoms with Crippen molar-refractivity contribution in [2.75, 3.05) is 10.1 Å². The Morgan fingerprint density at radius 2 is 1.56 bits per heavy atom. The third-order valence-corrected chi connectivity index (χ3v) is 7.17.